The molecule has 2 saturated carbocycles. The van der Waals surface area contributed by atoms with Gasteiger partial charge in [0.05, 0.1) is 0 Å². The lowest BCUT2D eigenvalue weighted by molar-refractivity contribution is -0.131. The fourth-order valence-corrected chi connectivity index (χ4v) is 2.67. The zero-order valence-electron chi connectivity index (χ0n) is 6.84. The molecule has 0 amide bonds. The van der Waals surface area contributed by atoms with Gasteiger partial charge in [-0.3, -0.25) is 4.79 Å². The van der Waals surface area contributed by atoms with E-state index >= 15 is 0 Å². The minimum Gasteiger partial charge on any atom is -0.396 e. The molecule has 11 heavy (non-hydrogen) atoms. The van der Waals surface area contributed by atoms with Crippen LogP contribution in [-0.4, -0.2) is 17.5 Å². The lowest BCUT2D eigenvalue weighted by Gasteiger charge is -2.48. The van der Waals surface area contributed by atoms with Gasteiger partial charge in [-0.25, -0.2) is 0 Å². The van der Waals surface area contributed by atoms with Gasteiger partial charge in [-0.1, -0.05) is 6.92 Å². The highest BCUT2D eigenvalue weighted by Crippen LogP contribution is 2.59. The van der Waals surface area contributed by atoms with Crippen molar-refractivity contribution >= 4 is 5.78 Å². The maximum absolute atomic E-state index is 11.2. The van der Waals surface area contributed by atoms with Crippen LogP contribution in [0, 0.1) is 17.3 Å². The summed E-state index contributed by atoms with van der Waals surface area (Å²) in [6.07, 6.45) is 2.69. The smallest absolute Gasteiger partial charge is 0.136 e. The first-order valence-corrected chi connectivity index (χ1v) is 4.32. The van der Waals surface area contributed by atoms with Gasteiger partial charge in [-0.15, -0.1) is 0 Å². The number of rotatable bonds is 1. The highest BCUT2D eigenvalue weighted by Gasteiger charge is 2.57. The van der Waals surface area contributed by atoms with Crippen molar-refractivity contribution < 1.29 is 9.90 Å². The lowest BCUT2D eigenvalue weighted by Crippen LogP contribution is -2.47. The molecule has 0 heterocycles. The molecule has 0 radical (unpaired) electrons. The Labute approximate surface area is 66.6 Å². The van der Waals surface area contributed by atoms with Crippen LogP contribution in [0.25, 0.3) is 0 Å². The summed E-state index contributed by atoms with van der Waals surface area (Å²) < 4.78 is 0. The van der Waals surface area contributed by atoms with E-state index in [0.717, 1.165) is 19.3 Å². The van der Waals surface area contributed by atoms with Crippen LogP contribution in [0.2, 0.25) is 0 Å². The molecular formula is C9H14O2. The molecule has 2 heteroatoms. The van der Waals surface area contributed by atoms with Crippen LogP contribution in [0.4, 0.5) is 0 Å². The second kappa shape index (κ2) is 2.07. The van der Waals surface area contributed by atoms with Crippen LogP contribution in [-0.2, 0) is 4.79 Å². The van der Waals surface area contributed by atoms with E-state index in [1.807, 2.05) is 0 Å². The minimum atomic E-state index is 0.172. The Balaban J connectivity index is 2.16. The Kier molecular flexibility index (Phi) is 1.37. The normalized spacial score (nSPS) is 48.7. The molecule has 0 aromatic carbocycles. The van der Waals surface area contributed by atoms with Crippen molar-refractivity contribution in [3.8, 4) is 0 Å². The number of ketones is 1. The van der Waals surface area contributed by atoms with E-state index < -0.39 is 0 Å². The second-order valence-corrected chi connectivity index (χ2v) is 4.14. The van der Waals surface area contributed by atoms with E-state index in [2.05, 4.69) is 6.92 Å². The van der Waals surface area contributed by atoms with Crippen LogP contribution < -0.4 is 0 Å². The molecule has 3 atom stereocenters. The molecule has 0 aromatic rings. The minimum absolute atomic E-state index is 0.172. The van der Waals surface area contributed by atoms with Crippen molar-refractivity contribution in [2.24, 2.45) is 17.3 Å². The maximum Gasteiger partial charge on any atom is 0.136 e. The van der Waals surface area contributed by atoms with Gasteiger partial charge in [0.15, 0.2) is 0 Å². The average Bonchev–Trinajstić information content (AvgIpc) is 2.16. The number of hydrogen-bond acceptors (Lipinski definition) is 2. The van der Waals surface area contributed by atoms with Gasteiger partial charge in [-0.05, 0) is 24.2 Å². The Hall–Kier alpha value is -0.370. The standard InChI is InChI=1S/C9H14O2/c1-9-3-2-8(11)7(9)4-6(9)5-10/h6-7,10H,2-5H2,1H3/t6-,7+,9+/m1/s1. The summed E-state index contributed by atoms with van der Waals surface area (Å²) in [5.74, 6) is 1.12. The van der Waals surface area contributed by atoms with Crippen LogP contribution >= 0.6 is 0 Å². The van der Waals surface area contributed by atoms with E-state index in [0.29, 0.717) is 17.6 Å². The fraction of sp³-hybridized carbons (Fsp3) is 0.889. The summed E-state index contributed by atoms with van der Waals surface area (Å²) in [6, 6.07) is 0. The lowest BCUT2D eigenvalue weighted by atomic mass is 9.55. The van der Waals surface area contributed by atoms with E-state index in [9.17, 15) is 4.79 Å². The summed E-state index contributed by atoms with van der Waals surface area (Å²) in [6.45, 7) is 2.41. The first-order valence-electron chi connectivity index (χ1n) is 4.32. The Morgan fingerprint density at radius 3 is 3.00 bits per heavy atom. The van der Waals surface area contributed by atoms with Gasteiger partial charge < -0.3 is 5.11 Å². The van der Waals surface area contributed by atoms with E-state index in [4.69, 9.17) is 5.11 Å². The van der Waals surface area contributed by atoms with E-state index in [1.54, 1.807) is 0 Å². The molecule has 2 rings (SSSR count). The fourth-order valence-electron chi connectivity index (χ4n) is 2.67. The third kappa shape index (κ3) is 0.734. The first-order chi connectivity index (χ1) is 5.18. The third-order valence-corrected chi connectivity index (χ3v) is 3.77. The summed E-state index contributed by atoms with van der Waals surface area (Å²) >= 11 is 0. The monoisotopic (exact) mass is 154 g/mol. The van der Waals surface area contributed by atoms with Gasteiger partial charge in [0.1, 0.15) is 5.78 Å². The van der Waals surface area contributed by atoms with Gasteiger partial charge in [0, 0.05) is 18.9 Å². The molecule has 0 bridgehead atoms. The molecule has 1 N–H and O–H groups in total. The van der Waals surface area contributed by atoms with Crippen molar-refractivity contribution in [1.29, 1.82) is 0 Å². The quantitative estimate of drug-likeness (QED) is 0.611. The molecule has 2 nitrogen and oxygen atoms in total. The van der Waals surface area contributed by atoms with Gasteiger partial charge in [0.2, 0.25) is 0 Å². The predicted octanol–water partition coefficient (Wildman–Crippen LogP) is 0.984. The van der Waals surface area contributed by atoms with Crippen molar-refractivity contribution in [2.75, 3.05) is 6.61 Å². The van der Waals surface area contributed by atoms with Crippen LogP contribution in [0.15, 0.2) is 0 Å². The van der Waals surface area contributed by atoms with Crippen molar-refractivity contribution in [2.45, 2.75) is 26.2 Å². The number of fused-ring (bicyclic) bond motifs is 1. The number of Topliss-reactive ketones (excluding diaryl/α,β-unsaturated/α-hetero) is 1. The maximum atomic E-state index is 11.2. The van der Waals surface area contributed by atoms with Crippen LogP contribution in [0.5, 0.6) is 0 Å². The zero-order valence-corrected chi connectivity index (χ0v) is 6.84. The molecule has 0 aromatic heterocycles. The molecule has 2 fully saturated rings. The molecular weight excluding hydrogens is 140 g/mol. The Morgan fingerprint density at radius 1 is 1.73 bits per heavy atom. The molecule has 2 aliphatic carbocycles. The average molecular weight is 154 g/mol. The van der Waals surface area contributed by atoms with Gasteiger partial charge >= 0.3 is 0 Å². The molecule has 2 aliphatic rings. The number of carbonyl (C=O) groups excluding carboxylic acids is 1. The van der Waals surface area contributed by atoms with E-state index in [1.165, 1.54) is 0 Å². The van der Waals surface area contributed by atoms with Crippen molar-refractivity contribution in [1.82, 2.24) is 0 Å². The van der Waals surface area contributed by atoms with Gasteiger partial charge in [-0.2, -0.15) is 0 Å². The zero-order chi connectivity index (χ0) is 8.06. The molecule has 0 saturated heterocycles. The molecule has 0 unspecified atom stereocenters. The Morgan fingerprint density at radius 2 is 2.45 bits per heavy atom. The number of hydrogen-bond donors (Lipinski definition) is 1. The SMILES string of the molecule is C[C@@]12CCC(=O)[C@@H]1C[C@@H]2CO. The van der Waals surface area contributed by atoms with Crippen LogP contribution in [0.3, 0.4) is 0 Å². The second-order valence-electron chi connectivity index (χ2n) is 4.14. The predicted molar refractivity (Wildman–Crippen MR) is 41.0 cm³/mol. The largest absolute Gasteiger partial charge is 0.396 e. The third-order valence-electron chi connectivity index (χ3n) is 3.77. The Bertz CT molecular complexity index is 200. The highest BCUT2D eigenvalue weighted by atomic mass is 16.3. The summed E-state index contributed by atoms with van der Waals surface area (Å²) in [5.41, 5.74) is 0.172. The van der Waals surface area contributed by atoms with Gasteiger partial charge in [0.25, 0.3) is 0 Å². The summed E-state index contributed by atoms with van der Waals surface area (Å²) in [5, 5.41) is 8.97. The summed E-state index contributed by atoms with van der Waals surface area (Å²) in [7, 11) is 0. The van der Waals surface area contributed by atoms with Crippen molar-refractivity contribution in [3.63, 3.8) is 0 Å². The van der Waals surface area contributed by atoms with Crippen LogP contribution in [0.1, 0.15) is 26.2 Å². The first kappa shape index (κ1) is 7.29. The molecule has 62 valence electrons. The van der Waals surface area contributed by atoms with Crippen molar-refractivity contribution in [3.05, 3.63) is 0 Å². The molecule has 0 aliphatic heterocycles. The number of aliphatic hydroxyl groups is 1. The number of carbonyl (C=O) groups is 1. The van der Waals surface area contributed by atoms with E-state index in [-0.39, 0.29) is 12.0 Å². The molecule has 0 spiro atoms. The highest BCUT2D eigenvalue weighted by molar-refractivity contribution is 5.85. The topological polar surface area (TPSA) is 37.3 Å². The number of aliphatic hydroxyl groups excluding tert-OH is 1. The summed E-state index contributed by atoms with van der Waals surface area (Å²) in [4.78, 5) is 11.2.